The lowest BCUT2D eigenvalue weighted by atomic mass is 9.88. The molecule has 3 rings (SSSR count). The third-order valence-corrected chi connectivity index (χ3v) is 9.21. The summed E-state index contributed by atoms with van der Waals surface area (Å²) in [4.78, 5) is 15.0. The Morgan fingerprint density at radius 1 is 1.22 bits per heavy atom. The summed E-state index contributed by atoms with van der Waals surface area (Å²) in [6.45, 7) is 8.10. The number of sulfonamides is 1. The number of hydrogen-bond acceptors (Lipinski definition) is 5. The van der Waals surface area contributed by atoms with E-state index >= 15 is 0 Å². The topological polar surface area (TPSA) is 87.2 Å². The largest absolute Gasteiger partial charge is 0.487 e. The predicted molar refractivity (Wildman–Crippen MR) is 141 cm³/mol. The van der Waals surface area contributed by atoms with E-state index < -0.39 is 22.2 Å². The maximum absolute atomic E-state index is 13.6. The molecule has 0 saturated heterocycles. The molecule has 0 aromatic heterocycles. The standard InChI is InChI=1S/C28H42N2O5S/c1-20(2)10-9-11-23-14-15-27-25(16-23)35-26(18-29(5)28(32)24-12-7-6-8-13-24)21(3)17-30(22(4)19-31)36(27,33)34/h14-16,20-22,24,26,31H,6-8,10,12-13,17-19H2,1-5H3/t21-,22-,26+/m1/s1. The summed E-state index contributed by atoms with van der Waals surface area (Å²) in [6, 6.07) is 4.35. The SMILES string of the molecule is CC(C)CC#Cc1ccc2c(c1)O[C@@H](CN(C)C(=O)C1CCCCC1)[C@H](C)CN([C@H](C)CO)S2(=O)=O. The second-order valence-electron chi connectivity index (χ2n) is 10.9. The zero-order chi connectivity index (χ0) is 26.5. The van der Waals surface area contributed by atoms with Gasteiger partial charge in [-0.05, 0) is 43.9 Å². The van der Waals surface area contributed by atoms with Gasteiger partial charge in [0.1, 0.15) is 16.7 Å². The highest BCUT2D eigenvalue weighted by Crippen LogP contribution is 2.34. The summed E-state index contributed by atoms with van der Waals surface area (Å²) >= 11 is 0. The third-order valence-electron chi connectivity index (χ3n) is 7.19. The fraction of sp³-hybridized carbons (Fsp3) is 0.679. The first-order valence-corrected chi connectivity index (χ1v) is 14.7. The van der Waals surface area contributed by atoms with E-state index in [4.69, 9.17) is 4.74 Å². The van der Waals surface area contributed by atoms with E-state index in [9.17, 15) is 18.3 Å². The monoisotopic (exact) mass is 518 g/mol. The lowest BCUT2D eigenvalue weighted by Gasteiger charge is -2.38. The van der Waals surface area contributed by atoms with Crippen LogP contribution in [0.2, 0.25) is 0 Å². The highest BCUT2D eigenvalue weighted by Gasteiger charge is 2.38. The van der Waals surface area contributed by atoms with Crippen LogP contribution in [-0.2, 0) is 14.8 Å². The maximum atomic E-state index is 13.6. The summed E-state index contributed by atoms with van der Waals surface area (Å²) in [5.74, 6) is 6.93. The summed E-state index contributed by atoms with van der Waals surface area (Å²) in [5, 5.41) is 9.82. The van der Waals surface area contributed by atoms with Crippen molar-refractivity contribution in [2.75, 3.05) is 26.7 Å². The molecule has 1 amide bonds. The second-order valence-corrected chi connectivity index (χ2v) is 12.7. The van der Waals surface area contributed by atoms with Gasteiger partial charge in [0.25, 0.3) is 0 Å². The van der Waals surface area contributed by atoms with Crippen molar-refractivity contribution in [3.05, 3.63) is 23.8 Å². The minimum atomic E-state index is -3.90. The van der Waals surface area contributed by atoms with Gasteiger partial charge in [-0.25, -0.2) is 8.42 Å². The fourth-order valence-corrected chi connectivity index (χ4v) is 6.73. The van der Waals surface area contributed by atoms with E-state index in [0.717, 1.165) is 32.1 Å². The number of benzene rings is 1. The molecule has 0 spiro atoms. The summed E-state index contributed by atoms with van der Waals surface area (Å²) < 4.78 is 35.0. The summed E-state index contributed by atoms with van der Waals surface area (Å²) in [7, 11) is -2.09. The van der Waals surface area contributed by atoms with E-state index in [1.165, 1.54) is 10.7 Å². The molecule has 2 aliphatic rings. The van der Waals surface area contributed by atoms with E-state index in [1.54, 1.807) is 30.0 Å². The Morgan fingerprint density at radius 3 is 2.56 bits per heavy atom. The lowest BCUT2D eigenvalue weighted by Crippen LogP contribution is -2.50. The molecule has 1 heterocycles. The zero-order valence-electron chi connectivity index (χ0n) is 22.4. The number of likely N-dealkylation sites (N-methyl/N-ethyl adjacent to an activating group) is 1. The Balaban J connectivity index is 1.96. The molecular weight excluding hydrogens is 476 g/mol. The number of rotatable bonds is 6. The molecule has 7 nitrogen and oxygen atoms in total. The highest BCUT2D eigenvalue weighted by molar-refractivity contribution is 7.89. The maximum Gasteiger partial charge on any atom is 0.247 e. The smallest absolute Gasteiger partial charge is 0.247 e. The van der Waals surface area contributed by atoms with Gasteiger partial charge in [0.15, 0.2) is 0 Å². The Bertz CT molecular complexity index is 1070. The van der Waals surface area contributed by atoms with Gasteiger partial charge in [-0.15, -0.1) is 0 Å². The Morgan fingerprint density at radius 2 is 1.92 bits per heavy atom. The molecule has 1 aromatic rings. The van der Waals surface area contributed by atoms with Gasteiger partial charge in [-0.1, -0.05) is 51.9 Å². The van der Waals surface area contributed by atoms with Crippen molar-refractivity contribution in [3.63, 3.8) is 0 Å². The number of carbonyl (C=O) groups is 1. The molecule has 0 radical (unpaired) electrons. The van der Waals surface area contributed by atoms with Crippen molar-refractivity contribution in [2.24, 2.45) is 17.8 Å². The van der Waals surface area contributed by atoms with E-state index in [1.807, 2.05) is 14.0 Å². The average molecular weight is 519 g/mol. The molecule has 1 aliphatic heterocycles. The van der Waals surface area contributed by atoms with Crippen LogP contribution < -0.4 is 4.74 Å². The van der Waals surface area contributed by atoms with Gasteiger partial charge < -0.3 is 14.7 Å². The molecule has 0 unspecified atom stereocenters. The van der Waals surface area contributed by atoms with Crippen molar-refractivity contribution >= 4 is 15.9 Å². The molecule has 3 atom stereocenters. The molecule has 36 heavy (non-hydrogen) atoms. The molecule has 1 fully saturated rings. The van der Waals surface area contributed by atoms with E-state index in [-0.39, 0.29) is 41.5 Å². The first kappa shape index (κ1) is 28.5. The van der Waals surface area contributed by atoms with Gasteiger partial charge in [0, 0.05) is 43.5 Å². The molecule has 1 aromatic carbocycles. The van der Waals surface area contributed by atoms with Crippen LogP contribution >= 0.6 is 0 Å². The minimum absolute atomic E-state index is 0.0500. The molecule has 1 N–H and O–H groups in total. The Labute approximate surface area is 217 Å². The molecular formula is C28H42N2O5S. The fourth-order valence-electron chi connectivity index (χ4n) is 4.90. The van der Waals surface area contributed by atoms with E-state index in [2.05, 4.69) is 25.7 Å². The first-order chi connectivity index (χ1) is 17.0. The van der Waals surface area contributed by atoms with Crippen LogP contribution in [0.25, 0.3) is 0 Å². The number of hydrogen-bond donors (Lipinski definition) is 1. The van der Waals surface area contributed by atoms with Gasteiger partial charge in [0.05, 0.1) is 13.2 Å². The molecule has 8 heteroatoms. The van der Waals surface area contributed by atoms with Crippen LogP contribution in [0.15, 0.2) is 23.1 Å². The van der Waals surface area contributed by atoms with Crippen LogP contribution in [-0.4, -0.2) is 67.5 Å². The second kappa shape index (κ2) is 12.4. The lowest BCUT2D eigenvalue weighted by molar-refractivity contribution is -0.136. The number of ether oxygens (including phenoxy) is 1. The van der Waals surface area contributed by atoms with Gasteiger partial charge >= 0.3 is 0 Å². The van der Waals surface area contributed by atoms with E-state index in [0.29, 0.717) is 18.0 Å². The van der Waals surface area contributed by atoms with Crippen LogP contribution in [0.1, 0.15) is 71.8 Å². The van der Waals surface area contributed by atoms with Crippen LogP contribution in [0.3, 0.4) is 0 Å². The summed E-state index contributed by atoms with van der Waals surface area (Å²) in [6.07, 6.45) is 5.52. The van der Waals surface area contributed by atoms with Crippen molar-refractivity contribution in [1.82, 2.24) is 9.21 Å². The number of amides is 1. The number of fused-ring (bicyclic) bond motifs is 1. The Kier molecular flexibility index (Phi) is 9.85. The van der Waals surface area contributed by atoms with Crippen LogP contribution in [0.4, 0.5) is 0 Å². The molecule has 200 valence electrons. The first-order valence-electron chi connectivity index (χ1n) is 13.2. The van der Waals surface area contributed by atoms with Crippen molar-refractivity contribution in [3.8, 4) is 17.6 Å². The highest BCUT2D eigenvalue weighted by atomic mass is 32.2. The number of aliphatic hydroxyl groups excluding tert-OH is 1. The Hall–Kier alpha value is -2.08. The average Bonchev–Trinajstić information content (AvgIpc) is 2.85. The molecule has 1 aliphatic carbocycles. The summed E-state index contributed by atoms with van der Waals surface area (Å²) in [5.41, 5.74) is 0.685. The molecule has 0 bridgehead atoms. The van der Waals surface area contributed by atoms with Crippen molar-refractivity contribution in [1.29, 1.82) is 0 Å². The zero-order valence-corrected chi connectivity index (χ0v) is 23.2. The minimum Gasteiger partial charge on any atom is -0.487 e. The number of aliphatic hydroxyl groups is 1. The van der Waals surface area contributed by atoms with Crippen molar-refractivity contribution in [2.45, 2.75) is 83.3 Å². The third kappa shape index (κ3) is 6.81. The normalized spacial score (nSPS) is 23.4. The number of nitrogens with zero attached hydrogens (tertiary/aromatic N) is 2. The quantitative estimate of drug-likeness (QED) is 0.578. The molecule has 1 saturated carbocycles. The van der Waals surface area contributed by atoms with Gasteiger partial charge in [0.2, 0.25) is 15.9 Å². The number of carbonyl (C=O) groups excluding carboxylic acids is 1. The van der Waals surface area contributed by atoms with Gasteiger partial charge in [-0.2, -0.15) is 4.31 Å². The van der Waals surface area contributed by atoms with Crippen LogP contribution in [0.5, 0.6) is 5.75 Å². The van der Waals surface area contributed by atoms with Crippen LogP contribution in [0, 0.1) is 29.6 Å². The van der Waals surface area contributed by atoms with Gasteiger partial charge in [-0.3, -0.25) is 4.79 Å². The predicted octanol–water partition coefficient (Wildman–Crippen LogP) is 3.89. The van der Waals surface area contributed by atoms with Crippen molar-refractivity contribution < 1.29 is 23.1 Å².